The van der Waals surface area contributed by atoms with Crippen LogP contribution in [0.3, 0.4) is 0 Å². The molecule has 164 valence electrons. The molecule has 2 aromatic heterocycles. The maximum Gasteiger partial charge on any atom is 0.251 e. The summed E-state index contributed by atoms with van der Waals surface area (Å²) in [6, 6.07) is 6.57. The molecule has 0 spiro atoms. The molecule has 2 aromatic rings. The molecule has 31 heavy (non-hydrogen) atoms. The van der Waals surface area contributed by atoms with Crippen molar-refractivity contribution in [3.63, 3.8) is 0 Å². The van der Waals surface area contributed by atoms with Crippen LogP contribution in [0, 0.1) is 18.3 Å². The number of carbonyl (C=O) groups excluding carboxylic acids is 1. The maximum absolute atomic E-state index is 12.4. The van der Waals surface area contributed by atoms with Crippen molar-refractivity contribution in [2.24, 2.45) is 0 Å². The molecule has 8 heteroatoms. The van der Waals surface area contributed by atoms with E-state index in [2.05, 4.69) is 33.9 Å². The van der Waals surface area contributed by atoms with Crippen molar-refractivity contribution < 1.29 is 13.6 Å². The Bertz CT molecular complexity index is 976. The minimum atomic E-state index is -2.54. The summed E-state index contributed by atoms with van der Waals surface area (Å²) in [7, 11) is 0. The normalized spacial score (nSPS) is 17.3. The number of carbonyl (C=O) groups is 1. The first-order valence-corrected chi connectivity index (χ1v) is 10.3. The van der Waals surface area contributed by atoms with Gasteiger partial charge in [-0.2, -0.15) is 5.26 Å². The first-order valence-electron chi connectivity index (χ1n) is 10.3. The minimum Gasteiger partial charge on any atom is -0.345 e. The number of halogens is 2. The van der Waals surface area contributed by atoms with Crippen molar-refractivity contribution >= 4 is 17.9 Å². The first kappa shape index (κ1) is 22.6. The third-order valence-electron chi connectivity index (χ3n) is 5.66. The first-order chi connectivity index (χ1) is 14.6. The molecule has 1 saturated heterocycles. The van der Waals surface area contributed by atoms with Crippen LogP contribution in [-0.4, -0.2) is 46.8 Å². The second-order valence-electron chi connectivity index (χ2n) is 8.56. The molecular weight excluding hydrogens is 400 g/mol. The number of aryl methyl sites for hydroxylation is 1. The average Bonchev–Trinajstić information content (AvgIpc) is 3.17. The fourth-order valence-electron chi connectivity index (χ4n) is 3.58. The number of fused-ring (bicyclic) bond motifs is 1. The molecule has 1 fully saturated rings. The lowest BCUT2D eigenvalue weighted by molar-refractivity contribution is -0.124. The van der Waals surface area contributed by atoms with Crippen molar-refractivity contribution in [2.45, 2.75) is 51.4 Å². The molecule has 4 rings (SSSR count). The number of anilines is 2. The van der Waals surface area contributed by atoms with Crippen LogP contribution in [0.2, 0.25) is 0 Å². The van der Waals surface area contributed by atoms with Gasteiger partial charge < -0.3 is 9.80 Å². The van der Waals surface area contributed by atoms with E-state index in [9.17, 15) is 18.8 Å². The molecule has 0 radical (unpaired) electrons. The lowest BCUT2D eigenvalue weighted by atomic mass is 9.87. The van der Waals surface area contributed by atoms with Gasteiger partial charge in [0.2, 0.25) is 6.41 Å². The second kappa shape index (κ2) is 8.96. The van der Waals surface area contributed by atoms with Gasteiger partial charge in [0.25, 0.3) is 5.92 Å². The molecule has 0 unspecified atom stereocenters. The zero-order valence-electron chi connectivity index (χ0n) is 18.1. The fourth-order valence-corrected chi connectivity index (χ4v) is 3.58. The number of pyridine rings is 2. The summed E-state index contributed by atoms with van der Waals surface area (Å²) in [5, 5.41) is 9.29. The molecule has 0 bridgehead atoms. The van der Waals surface area contributed by atoms with E-state index >= 15 is 0 Å². The Kier molecular flexibility index (Phi) is 6.54. The van der Waals surface area contributed by atoms with Crippen molar-refractivity contribution in [3.05, 3.63) is 47.4 Å². The standard InChI is InChI=1S/C17H18N4.C6H9F2NO/c1-12-6-13-4-5-21(16(13)20-8-12)15-7-14(9-19-10-15)17(2,3)11-18;7-6(8)1-3-9(5-10)4-2-6/h6-10H,4-5H2,1-3H3;5H,1-4H2. The Morgan fingerprint density at radius 2 is 1.87 bits per heavy atom. The van der Waals surface area contributed by atoms with Gasteiger partial charge in [0.05, 0.1) is 23.4 Å². The van der Waals surface area contributed by atoms with Crippen LogP contribution in [0.15, 0.2) is 30.7 Å². The third-order valence-corrected chi connectivity index (χ3v) is 5.66. The van der Waals surface area contributed by atoms with E-state index in [0.29, 0.717) is 6.41 Å². The highest BCUT2D eigenvalue weighted by Gasteiger charge is 2.33. The molecule has 0 aromatic carbocycles. The monoisotopic (exact) mass is 427 g/mol. The quantitative estimate of drug-likeness (QED) is 0.688. The third kappa shape index (κ3) is 5.35. The molecule has 2 aliphatic rings. The summed E-state index contributed by atoms with van der Waals surface area (Å²) in [5.41, 5.74) is 3.87. The summed E-state index contributed by atoms with van der Waals surface area (Å²) in [6.45, 7) is 7.17. The van der Waals surface area contributed by atoms with E-state index in [1.54, 1.807) is 6.20 Å². The highest BCUT2D eigenvalue weighted by Crippen LogP contribution is 2.34. The van der Waals surface area contributed by atoms with Crippen LogP contribution in [0.1, 0.15) is 43.4 Å². The van der Waals surface area contributed by atoms with Crippen molar-refractivity contribution in [3.8, 4) is 6.07 Å². The number of piperidine rings is 1. The summed E-state index contributed by atoms with van der Waals surface area (Å²) in [6.07, 6.45) is 6.75. The Morgan fingerprint density at radius 3 is 2.52 bits per heavy atom. The van der Waals surface area contributed by atoms with Gasteiger partial charge in [0.1, 0.15) is 5.82 Å². The van der Waals surface area contributed by atoms with E-state index in [1.807, 2.05) is 32.3 Å². The molecule has 2 aliphatic heterocycles. The van der Waals surface area contributed by atoms with E-state index in [0.717, 1.165) is 30.0 Å². The topological polar surface area (TPSA) is 73.1 Å². The Labute approximate surface area is 181 Å². The van der Waals surface area contributed by atoms with E-state index < -0.39 is 11.3 Å². The number of likely N-dealkylation sites (tertiary alicyclic amines) is 1. The van der Waals surface area contributed by atoms with Gasteiger partial charge in [-0.15, -0.1) is 0 Å². The van der Waals surface area contributed by atoms with Gasteiger partial charge in [0, 0.05) is 44.9 Å². The predicted octanol–water partition coefficient (Wildman–Crippen LogP) is 4.15. The number of alkyl halides is 2. The van der Waals surface area contributed by atoms with Crippen molar-refractivity contribution in [1.82, 2.24) is 14.9 Å². The fraction of sp³-hybridized carbons (Fsp3) is 0.478. The van der Waals surface area contributed by atoms with Gasteiger partial charge in [0.15, 0.2) is 0 Å². The zero-order chi connectivity index (χ0) is 22.6. The molecule has 4 heterocycles. The van der Waals surface area contributed by atoms with Gasteiger partial charge in [-0.1, -0.05) is 6.07 Å². The lowest BCUT2D eigenvalue weighted by Crippen LogP contribution is -2.38. The SMILES string of the molecule is Cc1cnc2c(c1)CCN2c1cncc(C(C)(C)C#N)c1.O=CN1CCC(F)(F)CC1. The van der Waals surface area contributed by atoms with Crippen LogP contribution in [0.5, 0.6) is 0 Å². The lowest BCUT2D eigenvalue weighted by Gasteiger charge is -2.28. The second-order valence-corrected chi connectivity index (χ2v) is 8.56. The zero-order valence-corrected chi connectivity index (χ0v) is 18.1. The molecule has 1 amide bonds. The molecule has 0 saturated carbocycles. The van der Waals surface area contributed by atoms with E-state index in [-0.39, 0.29) is 25.9 Å². The summed E-state index contributed by atoms with van der Waals surface area (Å²) >= 11 is 0. The molecule has 0 aliphatic carbocycles. The molecule has 0 N–H and O–H groups in total. The average molecular weight is 427 g/mol. The van der Waals surface area contributed by atoms with Crippen LogP contribution in [-0.2, 0) is 16.6 Å². The summed E-state index contributed by atoms with van der Waals surface area (Å²) < 4.78 is 24.7. The van der Waals surface area contributed by atoms with Crippen molar-refractivity contribution in [2.75, 3.05) is 24.5 Å². The number of nitrogens with zero attached hydrogens (tertiary/aromatic N) is 5. The Balaban J connectivity index is 0.000000229. The van der Waals surface area contributed by atoms with Crippen LogP contribution < -0.4 is 4.90 Å². The number of rotatable bonds is 3. The smallest absolute Gasteiger partial charge is 0.251 e. The van der Waals surface area contributed by atoms with E-state index in [1.165, 1.54) is 16.0 Å². The van der Waals surface area contributed by atoms with Crippen LogP contribution in [0.4, 0.5) is 20.3 Å². The Morgan fingerprint density at radius 1 is 1.16 bits per heavy atom. The van der Waals surface area contributed by atoms with Gasteiger partial charge >= 0.3 is 0 Å². The number of nitriles is 1. The van der Waals surface area contributed by atoms with Gasteiger partial charge in [-0.3, -0.25) is 9.78 Å². The Hall–Kier alpha value is -3.08. The van der Waals surface area contributed by atoms with E-state index in [4.69, 9.17) is 0 Å². The van der Waals surface area contributed by atoms with Crippen molar-refractivity contribution in [1.29, 1.82) is 5.26 Å². The minimum absolute atomic E-state index is 0.189. The maximum atomic E-state index is 12.4. The highest BCUT2D eigenvalue weighted by atomic mass is 19.3. The number of aromatic nitrogens is 2. The highest BCUT2D eigenvalue weighted by molar-refractivity contribution is 5.66. The largest absolute Gasteiger partial charge is 0.345 e. The van der Waals surface area contributed by atoms with Gasteiger partial charge in [-0.05, 0) is 49.9 Å². The molecular formula is C23H27F2N5O. The summed E-state index contributed by atoms with van der Waals surface area (Å²) in [4.78, 5) is 22.5. The van der Waals surface area contributed by atoms with Crippen LogP contribution in [0.25, 0.3) is 0 Å². The molecule has 0 atom stereocenters. The summed E-state index contributed by atoms with van der Waals surface area (Å²) in [5.74, 6) is -1.53. The number of amides is 1. The molecule has 6 nitrogen and oxygen atoms in total. The van der Waals surface area contributed by atoms with Crippen LogP contribution >= 0.6 is 0 Å². The predicted molar refractivity (Wildman–Crippen MR) is 114 cm³/mol. The van der Waals surface area contributed by atoms with Gasteiger partial charge in [-0.25, -0.2) is 13.8 Å². The number of hydrogen-bond acceptors (Lipinski definition) is 5. The number of hydrogen-bond donors (Lipinski definition) is 0.